The Morgan fingerprint density at radius 2 is 2.00 bits per heavy atom. The Bertz CT molecular complexity index is 769. The van der Waals surface area contributed by atoms with Crippen LogP contribution in [0, 0.1) is 0 Å². The van der Waals surface area contributed by atoms with Gasteiger partial charge in [-0.2, -0.15) is 0 Å². The Labute approximate surface area is 134 Å². The molecule has 2 aromatic rings. The number of carbonyl (C=O) groups is 2. The van der Waals surface area contributed by atoms with Crippen molar-refractivity contribution in [2.24, 2.45) is 0 Å². The molecule has 0 aliphatic carbocycles. The second-order valence-corrected chi connectivity index (χ2v) is 5.10. The minimum Gasteiger partial charge on any atom is -0.497 e. The molecule has 1 aliphatic rings. The van der Waals surface area contributed by atoms with E-state index in [9.17, 15) is 9.59 Å². The summed E-state index contributed by atoms with van der Waals surface area (Å²) in [5, 5.41) is 2.76. The van der Waals surface area contributed by atoms with Crippen LogP contribution in [0.4, 0.5) is 11.4 Å². The van der Waals surface area contributed by atoms with Crippen molar-refractivity contribution in [3.8, 4) is 5.75 Å². The highest BCUT2D eigenvalue weighted by molar-refractivity contribution is 6.14. The van der Waals surface area contributed by atoms with E-state index in [0.29, 0.717) is 17.1 Å². The number of carbonyl (C=O) groups excluding carboxylic acids is 2. The highest BCUT2D eigenvalue weighted by Gasteiger charge is 2.25. The van der Waals surface area contributed by atoms with Crippen molar-refractivity contribution in [1.29, 1.82) is 0 Å². The third kappa shape index (κ3) is 3.23. The van der Waals surface area contributed by atoms with Crippen molar-refractivity contribution in [3.05, 3.63) is 60.2 Å². The lowest BCUT2D eigenvalue weighted by Crippen LogP contribution is -2.41. The maximum absolute atomic E-state index is 12.5. The van der Waals surface area contributed by atoms with E-state index in [0.717, 1.165) is 5.56 Å². The van der Waals surface area contributed by atoms with Crippen LogP contribution in [0.25, 0.3) is 6.08 Å². The number of hydrogen-bond acceptors (Lipinski definition) is 3. The second-order valence-electron chi connectivity index (χ2n) is 5.10. The zero-order valence-corrected chi connectivity index (χ0v) is 12.7. The van der Waals surface area contributed by atoms with Crippen molar-refractivity contribution in [3.63, 3.8) is 0 Å². The molecule has 1 aliphatic heterocycles. The summed E-state index contributed by atoms with van der Waals surface area (Å²) in [6, 6.07) is 14.8. The zero-order valence-electron chi connectivity index (χ0n) is 12.7. The summed E-state index contributed by atoms with van der Waals surface area (Å²) in [5.41, 5.74) is 2.16. The Kier molecular flexibility index (Phi) is 4.10. The lowest BCUT2D eigenvalue weighted by molar-refractivity contribution is -0.119. The molecule has 0 unspecified atom stereocenters. The molecular formula is C18H16N2O3. The summed E-state index contributed by atoms with van der Waals surface area (Å²) < 4.78 is 5.15. The van der Waals surface area contributed by atoms with E-state index >= 15 is 0 Å². The van der Waals surface area contributed by atoms with Crippen LogP contribution in [0.1, 0.15) is 5.56 Å². The molecule has 3 rings (SSSR count). The first-order valence-electron chi connectivity index (χ1n) is 7.20. The monoisotopic (exact) mass is 308 g/mol. The molecule has 23 heavy (non-hydrogen) atoms. The van der Waals surface area contributed by atoms with Gasteiger partial charge >= 0.3 is 0 Å². The van der Waals surface area contributed by atoms with E-state index in [1.807, 2.05) is 30.3 Å². The molecule has 0 fully saturated rings. The van der Waals surface area contributed by atoms with Crippen molar-refractivity contribution in [2.45, 2.75) is 0 Å². The molecule has 2 amide bonds. The molecule has 0 aromatic heterocycles. The van der Waals surface area contributed by atoms with E-state index < -0.39 is 0 Å². The molecule has 1 heterocycles. The van der Waals surface area contributed by atoms with Gasteiger partial charge in [0.1, 0.15) is 12.3 Å². The number of nitrogens with one attached hydrogen (secondary N) is 1. The Balaban J connectivity index is 1.87. The number of rotatable bonds is 3. The van der Waals surface area contributed by atoms with Gasteiger partial charge in [-0.1, -0.05) is 30.3 Å². The molecular weight excluding hydrogens is 292 g/mol. The van der Waals surface area contributed by atoms with Gasteiger partial charge in [0, 0.05) is 12.1 Å². The molecule has 0 radical (unpaired) electrons. The van der Waals surface area contributed by atoms with Gasteiger partial charge in [0.15, 0.2) is 0 Å². The van der Waals surface area contributed by atoms with Gasteiger partial charge in [-0.3, -0.25) is 14.5 Å². The number of benzene rings is 2. The maximum atomic E-state index is 12.5. The third-order valence-corrected chi connectivity index (χ3v) is 3.55. The lowest BCUT2D eigenvalue weighted by Gasteiger charge is -2.28. The number of fused-ring (bicyclic) bond motifs is 1. The first kappa shape index (κ1) is 14.8. The Morgan fingerprint density at radius 1 is 1.22 bits per heavy atom. The van der Waals surface area contributed by atoms with E-state index in [4.69, 9.17) is 4.74 Å². The predicted octanol–water partition coefficient (Wildman–Crippen LogP) is 2.69. The molecule has 0 saturated carbocycles. The third-order valence-electron chi connectivity index (χ3n) is 3.55. The quantitative estimate of drug-likeness (QED) is 0.887. The van der Waals surface area contributed by atoms with Gasteiger partial charge in [-0.05, 0) is 23.8 Å². The summed E-state index contributed by atoms with van der Waals surface area (Å²) in [6.45, 7) is -0.00269. The first-order valence-corrected chi connectivity index (χ1v) is 7.20. The zero-order chi connectivity index (χ0) is 16.2. The molecule has 2 aromatic carbocycles. The molecule has 0 atom stereocenters. The molecule has 116 valence electrons. The standard InChI is InChI=1S/C18H16N2O3/c1-23-14-8-9-16-15(11-14)19-17(21)12-20(16)18(22)10-7-13-5-3-2-4-6-13/h2-11H,12H2,1H3,(H,19,21). The van der Waals surface area contributed by atoms with E-state index in [1.54, 1.807) is 31.4 Å². The predicted molar refractivity (Wildman–Crippen MR) is 89.5 cm³/mol. The van der Waals surface area contributed by atoms with Crippen molar-refractivity contribution >= 4 is 29.3 Å². The van der Waals surface area contributed by atoms with Crippen LogP contribution in [0.3, 0.4) is 0 Å². The van der Waals surface area contributed by atoms with Crippen LogP contribution >= 0.6 is 0 Å². The molecule has 0 bridgehead atoms. The van der Waals surface area contributed by atoms with Gasteiger partial charge in [-0.25, -0.2) is 0 Å². The normalized spacial score (nSPS) is 13.6. The van der Waals surface area contributed by atoms with Gasteiger partial charge in [0.05, 0.1) is 18.5 Å². The van der Waals surface area contributed by atoms with Crippen molar-refractivity contribution in [2.75, 3.05) is 23.9 Å². The van der Waals surface area contributed by atoms with Gasteiger partial charge < -0.3 is 10.1 Å². The fourth-order valence-electron chi connectivity index (χ4n) is 2.41. The van der Waals surface area contributed by atoms with Crippen molar-refractivity contribution < 1.29 is 14.3 Å². The molecule has 0 spiro atoms. The molecule has 5 nitrogen and oxygen atoms in total. The van der Waals surface area contributed by atoms with Gasteiger partial charge in [0.2, 0.25) is 5.91 Å². The summed E-state index contributed by atoms with van der Waals surface area (Å²) >= 11 is 0. The number of ether oxygens (including phenoxy) is 1. The molecule has 1 N–H and O–H groups in total. The van der Waals surface area contributed by atoms with Crippen LogP contribution in [-0.4, -0.2) is 25.5 Å². The van der Waals surface area contributed by atoms with Crippen molar-refractivity contribution in [1.82, 2.24) is 0 Å². The topological polar surface area (TPSA) is 58.6 Å². The minimum atomic E-state index is -0.241. The highest BCUT2D eigenvalue weighted by Crippen LogP contribution is 2.33. The average Bonchev–Trinajstić information content (AvgIpc) is 2.59. The van der Waals surface area contributed by atoms with Gasteiger partial charge in [0.25, 0.3) is 5.91 Å². The Morgan fingerprint density at radius 3 is 2.74 bits per heavy atom. The Hall–Kier alpha value is -3.08. The van der Waals surface area contributed by atoms with Crippen LogP contribution in [0.5, 0.6) is 5.75 Å². The SMILES string of the molecule is COc1ccc2c(c1)NC(=O)CN2C(=O)C=Cc1ccccc1. The smallest absolute Gasteiger partial charge is 0.251 e. The average molecular weight is 308 g/mol. The maximum Gasteiger partial charge on any atom is 0.251 e. The van der Waals surface area contributed by atoms with Crippen LogP contribution in [0.2, 0.25) is 0 Å². The van der Waals surface area contributed by atoms with E-state index in [1.165, 1.54) is 11.0 Å². The highest BCUT2D eigenvalue weighted by atomic mass is 16.5. The fourth-order valence-corrected chi connectivity index (χ4v) is 2.41. The van der Waals surface area contributed by atoms with E-state index in [2.05, 4.69) is 5.32 Å². The lowest BCUT2D eigenvalue weighted by atomic mass is 10.1. The summed E-state index contributed by atoms with van der Waals surface area (Å²) in [6.07, 6.45) is 3.21. The summed E-state index contributed by atoms with van der Waals surface area (Å²) in [7, 11) is 1.55. The minimum absolute atomic E-state index is 0.00269. The second kappa shape index (κ2) is 6.36. The van der Waals surface area contributed by atoms with E-state index in [-0.39, 0.29) is 18.4 Å². The number of hydrogen-bond donors (Lipinski definition) is 1. The van der Waals surface area contributed by atoms with Crippen LogP contribution < -0.4 is 15.0 Å². The summed E-state index contributed by atoms with van der Waals surface area (Å²) in [4.78, 5) is 25.8. The molecule has 5 heteroatoms. The van der Waals surface area contributed by atoms with Crippen LogP contribution in [0.15, 0.2) is 54.6 Å². The largest absolute Gasteiger partial charge is 0.497 e. The number of methoxy groups -OCH3 is 1. The summed E-state index contributed by atoms with van der Waals surface area (Å²) in [5.74, 6) is 0.153. The first-order chi connectivity index (χ1) is 11.2. The number of amides is 2. The fraction of sp³-hybridized carbons (Fsp3) is 0.111. The molecule has 0 saturated heterocycles. The number of anilines is 2. The van der Waals surface area contributed by atoms with Crippen LogP contribution in [-0.2, 0) is 9.59 Å². The number of nitrogens with zero attached hydrogens (tertiary/aromatic N) is 1. The van der Waals surface area contributed by atoms with Gasteiger partial charge in [-0.15, -0.1) is 0 Å².